The van der Waals surface area contributed by atoms with Gasteiger partial charge in [-0.25, -0.2) is 4.79 Å². The van der Waals surface area contributed by atoms with E-state index in [1.807, 2.05) is 20.8 Å². The van der Waals surface area contributed by atoms with Crippen molar-refractivity contribution in [3.05, 3.63) is 0 Å². The Bertz CT molecular complexity index is 353. The minimum Gasteiger partial charge on any atom is -0.444 e. The van der Waals surface area contributed by atoms with Crippen molar-refractivity contribution in [2.24, 2.45) is 11.1 Å². The average molecular weight is 284 g/mol. The highest BCUT2D eigenvalue weighted by molar-refractivity contribution is 5.69. The first-order chi connectivity index (χ1) is 9.33. The number of rotatable bonds is 4. The third-order valence-corrected chi connectivity index (χ3v) is 4.71. The average Bonchev–Trinajstić information content (AvgIpc) is 2.70. The van der Waals surface area contributed by atoms with Gasteiger partial charge in [0.1, 0.15) is 5.60 Å². The quantitative estimate of drug-likeness (QED) is 0.830. The Morgan fingerprint density at radius 3 is 2.45 bits per heavy atom. The number of hydrogen-bond acceptors (Lipinski definition) is 4. The Morgan fingerprint density at radius 2 is 2.05 bits per heavy atom. The molecular weight excluding hydrogens is 256 g/mol. The van der Waals surface area contributed by atoms with Crippen LogP contribution in [0, 0.1) is 5.41 Å². The predicted octanol–water partition coefficient (Wildman–Crippen LogP) is 2.19. The molecule has 0 spiro atoms. The number of alkyl carbamates (subject to hydrolysis) is 1. The maximum absolute atomic E-state index is 12.2. The van der Waals surface area contributed by atoms with Gasteiger partial charge in [0.2, 0.25) is 0 Å². The lowest BCUT2D eigenvalue weighted by Gasteiger charge is -2.54. The third-order valence-electron chi connectivity index (χ3n) is 4.71. The largest absolute Gasteiger partial charge is 0.444 e. The van der Waals surface area contributed by atoms with Gasteiger partial charge in [0.15, 0.2) is 0 Å². The topological polar surface area (TPSA) is 73.6 Å². The monoisotopic (exact) mass is 284 g/mol. The second-order valence-electron chi connectivity index (χ2n) is 7.18. The molecule has 1 aliphatic heterocycles. The van der Waals surface area contributed by atoms with E-state index in [1.165, 1.54) is 6.42 Å². The first-order valence-corrected chi connectivity index (χ1v) is 7.62. The zero-order valence-electron chi connectivity index (χ0n) is 13.0. The number of ether oxygens (including phenoxy) is 2. The summed E-state index contributed by atoms with van der Waals surface area (Å²) < 4.78 is 11.0. The molecule has 1 unspecified atom stereocenters. The molecular formula is C15H28N2O3. The highest BCUT2D eigenvalue weighted by Gasteiger charge is 2.57. The van der Waals surface area contributed by atoms with Crippen molar-refractivity contribution >= 4 is 6.09 Å². The van der Waals surface area contributed by atoms with E-state index in [4.69, 9.17) is 15.2 Å². The van der Waals surface area contributed by atoms with E-state index in [0.717, 1.165) is 25.7 Å². The molecule has 2 fully saturated rings. The van der Waals surface area contributed by atoms with Crippen LogP contribution >= 0.6 is 0 Å². The summed E-state index contributed by atoms with van der Waals surface area (Å²) in [6.07, 6.45) is 4.88. The molecule has 1 heterocycles. The summed E-state index contributed by atoms with van der Waals surface area (Å²) >= 11 is 0. The molecule has 1 aliphatic carbocycles. The van der Waals surface area contributed by atoms with E-state index in [1.54, 1.807) is 0 Å². The molecule has 20 heavy (non-hydrogen) atoms. The fourth-order valence-electron chi connectivity index (χ4n) is 3.56. The summed E-state index contributed by atoms with van der Waals surface area (Å²) in [6, 6.07) is 0. The second kappa shape index (κ2) is 5.53. The zero-order valence-corrected chi connectivity index (χ0v) is 13.0. The number of carbonyl (C=O) groups excluding carboxylic acids is 1. The van der Waals surface area contributed by atoms with Gasteiger partial charge in [-0.05, 0) is 58.4 Å². The molecule has 1 amide bonds. The van der Waals surface area contributed by atoms with E-state index < -0.39 is 5.60 Å². The number of nitrogens with two attached hydrogens (primary N) is 1. The maximum Gasteiger partial charge on any atom is 0.408 e. The molecule has 1 saturated carbocycles. The van der Waals surface area contributed by atoms with Crippen LogP contribution in [0.2, 0.25) is 0 Å². The summed E-state index contributed by atoms with van der Waals surface area (Å²) in [6.45, 7) is 7.56. The fourth-order valence-corrected chi connectivity index (χ4v) is 3.56. The van der Waals surface area contributed by atoms with Crippen molar-refractivity contribution in [1.82, 2.24) is 5.32 Å². The Balaban J connectivity index is 2.11. The highest BCUT2D eigenvalue weighted by atomic mass is 16.6. The number of carbonyl (C=O) groups is 1. The van der Waals surface area contributed by atoms with Gasteiger partial charge >= 0.3 is 6.09 Å². The summed E-state index contributed by atoms with van der Waals surface area (Å²) in [5.41, 5.74) is 5.11. The van der Waals surface area contributed by atoms with E-state index >= 15 is 0 Å². The molecule has 1 atom stereocenters. The summed E-state index contributed by atoms with van der Waals surface area (Å²) in [5.74, 6) is 0. The first kappa shape index (κ1) is 15.6. The highest BCUT2D eigenvalue weighted by Crippen LogP contribution is 2.54. The lowest BCUT2D eigenvalue weighted by molar-refractivity contribution is -0.0240. The van der Waals surface area contributed by atoms with Crippen molar-refractivity contribution < 1.29 is 14.3 Å². The molecule has 2 rings (SSSR count). The normalized spacial score (nSPS) is 28.8. The molecule has 5 heteroatoms. The van der Waals surface area contributed by atoms with E-state index in [0.29, 0.717) is 19.8 Å². The molecule has 5 nitrogen and oxygen atoms in total. The molecule has 1 saturated heterocycles. The Morgan fingerprint density at radius 1 is 1.35 bits per heavy atom. The lowest BCUT2D eigenvalue weighted by atomic mass is 9.55. The molecule has 0 bridgehead atoms. The smallest absolute Gasteiger partial charge is 0.408 e. The SMILES string of the molecule is CC(C)(C)OC(=O)NC1(C2(CCN)CCC2)CCOC1. The molecule has 0 aromatic heterocycles. The molecule has 116 valence electrons. The standard InChI is InChI=1S/C15H28N2O3/c1-13(2,3)20-12(18)17-15(8-10-19-11-15)14(7-9-16)5-4-6-14/h4-11,16H2,1-3H3,(H,17,18). The van der Waals surface area contributed by atoms with E-state index in [2.05, 4.69) is 5.32 Å². The van der Waals surface area contributed by atoms with E-state index in [-0.39, 0.29) is 17.0 Å². The van der Waals surface area contributed by atoms with Crippen molar-refractivity contribution in [3.8, 4) is 0 Å². The summed E-state index contributed by atoms with van der Waals surface area (Å²) in [7, 11) is 0. The fraction of sp³-hybridized carbons (Fsp3) is 0.933. The van der Waals surface area contributed by atoms with Crippen molar-refractivity contribution in [2.75, 3.05) is 19.8 Å². The van der Waals surface area contributed by atoms with Crippen LogP contribution in [-0.2, 0) is 9.47 Å². The number of amides is 1. The van der Waals surface area contributed by atoms with Crippen LogP contribution in [0.3, 0.4) is 0 Å². The summed E-state index contributed by atoms with van der Waals surface area (Å²) in [5, 5.41) is 3.13. The Kier molecular flexibility index (Phi) is 4.30. The molecule has 2 aliphatic rings. The molecule has 0 aromatic carbocycles. The zero-order chi connectivity index (χ0) is 14.9. The first-order valence-electron chi connectivity index (χ1n) is 7.62. The van der Waals surface area contributed by atoms with Crippen LogP contribution in [0.1, 0.15) is 52.9 Å². The van der Waals surface area contributed by atoms with Gasteiger partial charge in [-0.3, -0.25) is 0 Å². The predicted molar refractivity (Wildman–Crippen MR) is 77.5 cm³/mol. The van der Waals surface area contributed by atoms with Gasteiger partial charge in [0.25, 0.3) is 0 Å². The van der Waals surface area contributed by atoms with Crippen LogP contribution in [0.15, 0.2) is 0 Å². The lowest BCUT2D eigenvalue weighted by Crippen LogP contribution is -2.64. The third kappa shape index (κ3) is 2.93. The van der Waals surface area contributed by atoms with E-state index in [9.17, 15) is 4.79 Å². The van der Waals surface area contributed by atoms with Crippen LogP contribution < -0.4 is 11.1 Å². The Hall–Kier alpha value is -0.810. The minimum absolute atomic E-state index is 0.0924. The molecule has 0 aromatic rings. The van der Waals surface area contributed by atoms with Gasteiger partial charge in [-0.2, -0.15) is 0 Å². The Labute approximate surface area is 121 Å². The van der Waals surface area contributed by atoms with Gasteiger partial charge in [0.05, 0.1) is 12.1 Å². The van der Waals surface area contributed by atoms with Crippen molar-refractivity contribution in [3.63, 3.8) is 0 Å². The van der Waals surface area contributed by atoms with Crippen LogP contribution in [0.5, 0.6) is 0 Å². The van der Waals surface area contributed by atoms with Crippen molar-refractivity contribution in [1.29, 1.82) is 0 Å². The molecule has 3 N–H and O–H groups in total. The summed E-state index contributed by atoms with van der Waals surface area (Å²) in [4.78, 5) is 12.2. The van der Waals surface area contributed by atoms with Gasteiger partial charge in [-0.15, -0.1) is 0 Å². The van der Waals surface area contributed by atoms with Gasteiger partial charge < -0.3 is 20.5 Å². The van der Waals surface area contributed by atoms with Crippen molar-refractivity contribution in [2.45, 2.75) is 64.0 Å². The second-order valence-corrected chi connectivity index (χ2v) is 7.18. The number of hydrogen-bond donors (Lipinski definition) is 2. The van der Waals surface area contributed by atoms with Crippen LogP contribution in [0.25, 0.3) is 0 Å². The minimum atomic E-state index is -0.481. The van der Waals surface area contributed by atoms with Crippen LogP contribution in [0.4, 0.5) is 4.79 Å². The molecule has 0 radical (unpaired) electrons. The number of nitrogens with one attached hydrogen (secondary N) is 1. The maximum atomic E-state index is 12.2. The van der Waals surface area contributed by atoms with Gasteiger partial charge in [0, 0.05) is 6.61 Å². The van der Waals surface area contributed by atoms with Gasteiger partial charge in [-0.1, -0.05) is 6.42 Å². The van der Waals surface area contributed by atoms with Crippen LogP contribution in [-0.4, -0.2) is 37.0 Å².